The fourth-order valence-electron chi connectivity index (χ4n) is 3.62. The monoisotopic (exact) mass is 443 g/mol. The Kier molecular flexibility index (Phi) is 5.44. The summed E-state index contributed by atoms with van der Waals surface area (Å²) in [6, 6.07) is 2.72. The van der Waals surface area contributed by atoms with E-state index in [1.807, 2.05) is 0 Å². The number of rotatable bonds is 4. The SMILES string of the molecule is O=C(NCC1CC1)C1=CC2(CCN(C(=O)c3cc(C(F)(F)F)ccc3Cl)CC2)ON1. The van der Waals surface area contributed by atoms with Gasteiger partial charge in [-0.05, 0) is 43.0 Å². The minimum absolute atomic E-state index is 0.0263. The molecule has 0 unspecified atom stereocenters. The molecule has 0 atom stereocenters. The van der Waals surface area contributed by atoms with Gasteiger partial charge in [0.05, 0.1) is 16.1 Å². The van der Waals surface area contributed by atoms with E-state index in [1.54, 1.807) is 6.08 Å². The molecule has 2 N–H and O–H groups in total. The van der Waals surface area contributed by atoms with Gasteiger partial charge in [0.15, 0.2) is 0 Å². The van der Waals surface area contributed by atoms with Crippen molar-refractivity contribution in [3.63, 3.8) is 0 Å². The number of carbonyl (C=O) groups is 2. The molecule has 2 fully saturated rings. The predicted molar refractivity (Wildman–Crippen MR) is 102 cm³/mol. The van der Waals surface area contributed by atoms with Crippen molar-refractivity contribution < 1.29 is 27.6 Å². The number of piperidine rings is 1. The van der Waals surface area contributed by atoms with Gasteiger partial charge < -0.3 is 10.2 Å². The molecule has 2 aliphatic heterocycles. The summed E-state index contributed by atoms with van der Waals surface area (Å²) in [7, 11) is 0. The van der Waals surface area contributed by atoms with Crippen LogP contribution < -0.4 is 10.8 Å². The number of likely N-dealkylation sites (tertiary alicyclic amines) is 1. The fourth-order valence-corrected chi connectivity index (χ4v) is 3.81. The maximum absolute atomic E-state index is 13.0. The molecule has 1 spiro atoms. The molecule has 3 aliphatic rings. The van der Waals surface area contributed by atoms with Crippen molar-refractivity contribution in [2.24, 2.45) is 5.92 Å². The molecule has 162 valence electrons. The second-order valence-corrected chi connectivity index (χ2v) is 8.37. The fraction of sp³-hybridized carbons (Fsp3) is 0.500. The average molecular weight is 444 g/mol. The van der Waals surface area contributed by atoms with Crippen LogP contribution in [0.1, 0.15) is 41.6 Å². The third-order valence-electron chi connectivity index (χ3n) is 5.69. The Hall–Kier alpha value is -2.26. The lowest BCUT2D eigenvalue weighted by Crippen LogP contribution is -2.46. The Morgan fingerprint density at radius 2 is 1.97 bits per heavy atom. The van der Waals surface area contributed by atoms with Gasteiger partial charge in [-0.25, -0.2) is 0 Å². The van der Waals surface area contributed by atoms with Gasteiger partial charge in [-0.2, -0.15) is 13.2 Å². The normalized spacial score (nSPS) is 20.7. The number of hydroxylamine groups is 1. The van der Waals surface area contributed by atoms with Crippen molar-refractivity contribution in [3.8, 4) is 0 Å². The standard InChI is InChI=1S/C20H21ClF3N3O3/c21-15-4-3-13(20(22,23)24)9-14(15)18(29)27-7-5-19(6-8-27)10-16(26-30-19)17(28)25-11-12-1-2-12/h3-4,9-10,12,26H,1-2,5-8,11H2,(H,25,28). The van der Waals surface area contributed by atoms with Gasteiger partial charge in [0.2, 0.25) is 0 Å². The third kappa shape index (κ3) is 4.41. The smallest absolute Gasteiger partial charge is 0.350 e. The topological polar surface area (TPSA) is 70.7 Å². The van der Waals surface area contributed by atoms with Crippen molar-refractivity contribution in [1.29, 1.82) is 0 Å². The second kappa shape index (κ2) is 7.77. The minimum Gasteiger partial charge on any atom is -0.350 e. The lowest BCUT2D eigenvalue weighted by molar-refractivity contribution is -0.137. The maximum atomic E-state index is 13.0. The molecule has 10 heteroatoms. The van der Waals surface area contributed by atoms with Crippen molar-refractivity contribution in [3.05, 3.63) is 46.1 Å². The molecule has 30 heavy (non-hydrogen) atoms. The summed E-state index contributed by atoms with van der Waals surface area (Å²) in [5, 5.41) is 2.83. The Balaban J connectivity index is 1.40. The van der Waals surface area contributed by atoms with Crippen LogP contribution in [-0.2, 0) is 15.8 Å². The molecule has 1 aliphatic carbocycles. The molecule has 1 aromatic carbocycles. The zero-order valence-electron chi connectivity index (χ0n) is 16.0. The minimum atomic E-state index is -4.56. The number of carbonyl (C=O) groups excluding carboxylic acids is 2. The van der Waals surface area contributed by atoms with Crippen LogP contribution in [0.15, 0.2) is 30.0 Å². The van der Waals surface area contributed by atoms with Crippen LogP contribution in [0.25, 0.3) is 0 Å². The predicted octanol–water partition coefficient (Wildman–Crippen LogP) is 3.28. The van der Waals surface area contributed by atoms with E-state index in [9.17, 15) is 22.8 Å². The van der Waals surface area contributed by atoms with E-state index in [4.69, 9.17) is 16.4 Å². The Morgan fingerprint density at radius 1 is 1.27 bits per heavy atom. The first-order valence-corrected chi connectivity index (χ1v) is 10.2. The lowest BCUT2D eigenvalue weighted by atomic mass is 9.90. The molecule has 0 aromatic heterocycles. The quantitative estimate of drug-likeness (QED) is 0.749. The van der Waals surface area contributed by atoms with E-state index >= 15 is 0 Å². The van der Waals surface area contributed by atoms with Gasteiger partial charge >= 0.3 is 6.18 Å². The first-order chi connectivity index (χ1) is 14.2. The van der Waals surface area contributed by atoms with Crippen LogP contribution >= 0.6 is 11.6 Å². The van der Waals surface area contributed by atoms with Crippen LogP contribution in [0, 0.1) is 5.92 Å². The van der Waals surface area contributed by atoms with Crippen molar-refractivity contribution in [1.82, 2.24) is 15.7 Å². The van der Waals surface area contributed by atoms with E-state index in [0.29, 0.717) is 31.0 Å². The summed E-state index contributed by atoms with van der Waals surface area (Å²) < 4.78 is 38.9. The van der Waals surface area contributed by atoms with Gasteiger partial charge in [0.25, 0.3) is 11.8 Å². The van der Waals surface area contributed by atoms with E-state index in [1.165, 1.54) is 4.90 Å². The third-order valence-corrected chi connectivity index (χ3v) is 6.02. The molecule has 1 saturated carbocycles. The van der Waals surface area contributed by atoms with Gasteiger partial charge in [0, 0.05) is 32.5 Å². The molecule has 2 amide bonds. The first kappa shape index (κ1) is 21.0. The van der Waals surface area contributed by atoms with Gasteiger partial charge in [0.1, 0.15) is 11.3 Å². The van der Waals surface area contributed by atoms with Gasteiger partial charge in [-0.3, -0.25) is 19.9 Å². The van der Waals surface area contributed by atoms with Crippen molar-refractivity contribution >= 4 is 23.4 Å². The molecule has 2 heterocycles. The van der Waals surface area contributed by atoms with Crippen LogP contribution in [0.2, 0.25) is 5.02 Å². The zero-order valence-corrected chi connectivity index (χ0v) is 16.8. The molecule has 4 rings (SSSR count). The van der Waals surface area contributed by atoms with Crippen LogP contribution in [-0.4, -0.2) is 41.9 Å². The number of nitrogens with one attached hydrogen (secondary N) is 2. The van der Waals surface area contributed by atoms with Crippen molar-refractivity contribution in [2.45, 2.75) is 37.5 Å². The summed E-state index contributed by atoms with van der Waals surface area (Å²) in [6.45, 7) is 1.17. The summed E-state index contributed by atoms with van der Waals surface area (Å²) in [5.74, 6) is -0.228. The van der Waals surface area contributed by atoms with Gasteiger partial charge in [-0.1, -0.05) is 11.6 Å². The van der Waals surface area contributed by atoms with E-state index in [-0.39, 0.29) is 29.6 Å². The molecule has 0 radical (unpaired) electrons. The summed E-state index contributed by atoms with van der Waals surface area (Å²) in [6.07, 6.45) is 0.244. The Labute approximate surface area is 176 Å². The van der Waals surface area contributed by atoms with Gasteiger partial charge in [-0.15, -0.1) is 0 Å². The summed E-state index contributed by atoms with van der Waals surface area (Å²) in [4.78, 5) is 32.1. The number of hydrogen-bond acceptors (Lipinski definition) is 4. The molecular weight excluding hydrogens is 423 g/mol. The summed E-state index contributed by atoms with van der Waals surface area (Å²) in [5.41, 5.74) is 1.19. The second-order valence-electron chi connectivity index (χ2n) is 7.96. The average Bonchev–Trinajstić information content (AvgIpc) is 3.45. The number of alkyl halides is 3. The molecular formula is C20H21ClF3N3O3. The number of nitrogens with zero attached hydrogens (tertiary/aromatic N) is 1. The summed E-state index contributed by atoms with van der Waals surface area (Å²) >= 11 is 5.99. The Morgan fingerprint density at radius 3 is 2.60 bits per heavy atom. The number of hydrogen-bond donors (Lipinski definition) is 2. The van der Waals surface area contributed by atoms with E-state index in [0.717, 1.165) is 31.0 Å². The van der Waals surface area contributed by atoms with E-state index in [2.05, 4.69) is 10.8 Å². The zero-order chi connectivity index (χ0) is 21.5. The first-order valence-electron chi connectivity index (χ1n) is 9.78. The maximum Gasteiger partial charge on any atom is 0.416 e. The number of halogens is 4. The van der Waals surface area contributed by atoms with Crippen LogP contribution in [0.5, 0.6) is 0 Å². The van der Waals surface area contributed by atoms with Crippen LogP contribution in [0.3, 0.4) is 0 Å². The Bertz CT molecular complexity index is 891. The van der Waals surface area contributed by atoms with E-state index < -0.39 is 23.2 Å². The molecule has 1 aromatic rings. The van der Waals surface area contributed by atoms with Crippen LogP contribution in [0.4, 0.5) is 13.2 Å². The largest absolute Gasteiger partial charge is 0.416 e. The molecule has 0 bridgehead atoms. The highest BCUT2D eigenvalue weighted by atomic mass is 35.5. The molecule has 1 saturated heterocycles. The highest BCUT2D eigenvalue weighted by Gasteiger charge is 2.41. The molecule has 6 nitrogen and oxygen atoms in total. The highest BCUT2D eigenvalue weighted by molar-refractivity contribution is 6.33. The highest BCUT2D eigenvalue weighted by Crippen LogP contribution is 2.35. The number of amides is 2. The lowest BCUT2D eigenvalue weighted by Gasteiger charge is -2.36. The number of benzene rings is 1. The van der Waals surface area contributed by atoms with Crippen molar-refractivity contribution in [2.75, 3.05) is 19.6 Å².